The number of rotatable bonds is 4. The zero-order valence-corrected chi connectivity index (χ0v) is 6.34. The van der Waals surface area contributed by atoms with Gasteiger partial charge in [-0.3, -0.25) is 4.79 Å². The van der Waals surface area contributed by atoms with E-state index < -0.39 is 5.97 Å². The first-order valence-corrected chi connectivity index (χ1v) is 3.98. The molecule has 0 saturated heterocycles. The van der Waals surface area contributed by atoms with Gasteiger partial charge in [0.1, 0.15) is 0 Å². The minimum absolute atomic E-state index is 0.0370. The molecule has 0 spiro atoms. The van der Waals surface area contributed by atoms with E-state index in [0.717, 1.165) is 25.7 Å². The van der Waals surface area contributed by atoms with Crippen molar-refractivity contribution in [1.82, 2.24) is 0 Å². The Balaban J connectivity index is 2.34. The van der Waals surface area contributed by atoms with Gasteiger partial charge in [-0.25, -0.2) is 0 Å². The summed E-state index contributed by atoms with van der Waals surface area (Å²) in [4.78, 5) is 10.6. The molecule has 1 saturated carbocycles. The molecule has 0 aromatic carbocycles. The average Bonchev–Trinajstić information content (AvgIpc) is 2.63. The zero-order valence-electron chi connectivity index (χ0n) is 6.34. The number of hydrogen-bond donors (Lipinski definition) is 1. The summed E-state index contributed by atoms with van der Waals surface area (Å²) in [6.45, 7) is 2.04. The molecule has 0 amide bonds. The van der Waals surface area contributed by atoms with Crippen LogP contribution in [0, 0.1) is 11.8 Å². The number of carbonyl (C=O) groups is 1. The summed E-state index contributed by atoms with van der Waals surface area (Å²) in [5.74, 6) is -0.119. The van der Waals surface area contributed by atoms with Gasteiger partial charge >= 0.3 is 5.97 Å². The fourth-order valence-electron chi connectivity index (χ4n) is 1.37. The van der Waals surface area contributed by atoms with Crippen LogP contribution in [0.4, 0.5) is 0 Å². The van der Waals surface area contributed by atoms with Crippen LogP contribution in [-0.4, -0.2) is 11.1 Å². The number of carboxylic acids is 1. The molecule has 2 nitrogen and oxygen atoms in total. The molecule has 1 N–H and O–H groups in total. The highest BCUT2D eigenvalue weighted by atomic mass is 16.4. The molecule has 0 aliphatic heterocycles. The Kier molecular flexibility index (Phi) is 2.30. The summed E-state index contributed by atoms with van der Waals surface area (Å²) >= 11 is 0. The van der Waals surface area contributed by atoms with Crippen molar-refractivity contribution in [1.29, 1.82) is 0 Å². The van der Waals surface area contributed by atoms with Gasteiger partial charge in [0.15, 0.2) is 0 Å². The van der Waals surface area contributed by atoms with Gasteiger partial charge in [-0.15, -0.1) is 0 Å². The van der Waals surface area contributed by atoms with E-state index in [1.807, 2.05) is 6.92 Å². The number of carboxylic acid groups (broad SMARTS) is 1. The first kappa shape index (κ1) is 7.58. The van der Waals surface area contributed by atoms with E-state index in [0.29, 0.717) is 5.92 Å². The molecule has 0 aromatic heterocycles. The molecule has 58 valence electrons. The van der Waals surface area contributed by atoms with E-state index in [-0.39, 0.29) is 5.92 Å². The molecule has 0 bridgehead atoms. The topological polar surface area (TPSA) is 37.3 Å². The highest BCUT2D eigenvalue weighted by Crippen LogP contribution is 2.39. The lowest BCUT2D eigenvalue weighted by Gasteiger charge is -2.07. The van der Waals surface area contributed by atoms with Gasteiger partial charge in [-0.1, -0.05) is 13.3 Å². The third-order valence-electron chi connectivity index (χ3n) is 2.11. The Morgan fingerprint density at radius 2 is 2.30 bits per heavy atom. The molecule has 1 aliphatic carbocycles. The molecule has 1 rings (SSSR count). The van der Waals surface area contributed by atoms with E-state index in [2.05, 4.69) is 0 Å². The van der Waals surface area contributed by atoms with E-state index in [1.165, 1.54) is 0 Å². The molecule has 1 aliphatic rings. The molecular weight excluding hydrogens is 128 g/mol. The lowest BCUT2D eigenvalue weighted by atomic mass is 9.99. The Morgan fingerprint density at radius 3 is 2.60 bits per heavy atom. The van der Waals surface area contributed by atoms with Crippen molar-refractivity contribution in [2.24, 2.45) is 11.8 Å². The summed E-state index contributed by atoms with van der Waals surface area (Å²) in [5, 5.41) is 8.71. The lowest BCUT2D eigenvalue weighted by Crippen LogP contribution is -2.15. The van der Waals surface area contributed by atoms with Crippen molar-refractivity contribution in [3.8, 4) is 0 Å². The predicted molar refractivity (Wildman–Crippen MR) is 38.8 cm³/mol. The zero-order chi connectivity index (χ0) is 7.56. The van der Waals surface area contributed by atoms with E-state index >= 15 is 0 Å². The van der Waals surface area contributed by atoms with Crippen molar-refractivity contribution in [2.75, 3.05) is 0 Å². The maximum absolute atomic E-state index is 10.6. The second-order valence-electron chi connectivity index (χ2n) is 3.07. The Labute approximate surface area is 61.2 Å². The van der Waals surface area contributed by atoms with Gasteiger partial charge in [-0.05, 0) is 25.2 Å². The third kappa shape index (κ3) is 1.72. The van der Waals surface area contributed by atoms with Crippen molar-refractivity contribution < 1.29 is 9.90 Å². The average molecular weight is 142 g/mol. The van der Waals surface area contributed by atoms with Gasteiger partial charge in [0, 0.05) is 0 Å². The number of aliphatic carboxylic acids is 1. The van der Waals surface area contributed by atoms with Gasteiger partial charge in [0.2, 0.25) is 0 Å². The Hall–Kier alpha value is -0.530. The summed E-state index contributed by atoms with van der Waals surface area (Å²) in [6, 6.07) is 0. The van der Waals surface area contributed by atoms with Gasteiger partial charge in [0.05, 0.1) is 5.92 Å². The van der Waals surface area contributed by atoms with Crippen LogP contribution in [0.3, 0.4) is 0 Å². The first-order chi connectivity index (χ1) is 4.75. The summed E-state index contributed by atoms with van der Waals surface area (Å²) in [5.41, 5.74) is 0. The van der Waals surface area contributed by atoms with E-state index in [4.69, 9.17) is 5.11 Å². The van der Waals surface area contributed by atoms with E-state index in [1.54, 1.807) is 0 Å². The van der Waals surface area contributed by atoms with Gasteiger partial charge in [0.25, 0.3) is 0 Å². The van der Waals surface area contributed by atoms with Crippen LogP contribution >= 0.6 is 0 Å². The maximum Gasteiger partial charge on any atom is 0.306 e. The fraction of sp³-hybridized carbons (Fsp3) is 0.875. The molecule has 0 heterocycles. The molecule has 1 atom stereocenters. The highest BCUT2D eigenvalue weighted by molar-refractivity contribution is 5.70. The molecule has 0 radical (unpaired) electrons. The van der Waals surface area contributed by atoms with Crippen LogP contribution in [-0.2, 0) is 4.79 Å². The van der Waals surface area contributed by atoms with Crippen LogP contribution in [0.5, 0.6) is 0 Å². The second kappa shape index (κ2) is 3.04. The number of hydrogen-bond acceptors (Lipinski definition) is 1. The molecular formula is C8H14O2. The van der Waals surface area contributed by atoms with Crippen LogP contribution in [0.2, 0.25) is 0 Å². The predicted octanol–water partition coefficient (Wildman–Crippen LogP) is 1.90. The smallest absolute Gasteiger partial charge is 0.306 e. The van der Waals surface area contributed by atoms with Crippen LogP contribution in [0.25, 0.3) is 0 Å². The summed E-state index contributed by atoms with van der Waals surface area (Å²) < 4.78 is 0. The van der Waals surface area contributed by atoms with Crippen molar-refractivity contribution >= 4 is 5.97 Å². The molecule has 10 heavy (non-hydrogen) atoms. The Bertz CT molecular complexity index is 127. The van der Waals surface area contributed by atoms with Crippen LogP contribution < -0.4 is 0 Å². The van der Waals surface area contributed by atoms with Gasteiger partial charge in [-0.2, -0.15) is 0 Å². The lowest BCUT2D eigenvalue weighted by molar-refractivity contribution is -0.142. The first-order valence-electron chi connectivity index (χ1n) is 3.98. The fourth-order valence-corrected chi connectivity index (χ4v) is 1.37. The summed E-state index contributed by atoms with van der Waals surface area (Å²) in [6.07, 6.45) is 4.13. The van der Waals surface area contributed by atoms with Crippen LogP contribution in [0.1, 0.15) is 32.6 Å². The van der Waals surface area contributed by atoms with Crippen molar-refractivity contribution in [2.45, 2.75) is 32.6 Å². The van der Waals surface area contributed by atoms with E-state index in [9.17, 15) is 4.79 Å². The quantitative estimate of drug-likeness (QED) is 0.650. The molecule has 0 aromatic rings. The highest BCUT2D eigenvalue weighted by Gasteiger charge is 2.34. The minimum atomic E-state index is -0.593. The summed E-state index contributed by atoms with van der Waals surface area (Å²) in [7, 11) is 0. The normalized spacial score (nSPS) is 20.5. The third-order valence-corrected chi connectivity index (χ3v) is 2.11. The molecule has 1 fully saturated rings. The van der Waals surface area contributed by atoms with Crippen molar-refractivity contribution in [3.05, 3.63) is 0 Å². The monoisotopic (exact) mass is 142 g/mol. The van der Waals surface area contributed by atoms with Crippen LogP contribution in [0.15, 0.2) is 0 Å². The Morgan fingerprint density at radius 1 is 1.70 bits per heavy atom. The largest absolute Gasteiger partial charge is 0.481 e. The standard InChI is InChI=1S/C8H14O2/c1-2-3-7(8(9)10)6-4-5-6/h6-7H,2-5H2,1H3,(H,9,10)/t7-/m0/s1. The minimum Gasteiger partial charge on any atom is -0.481 e. The molecule has 2 heteroatoms. The van der Waals surface area contributed by atoms with Crippen molar-refractivity contribution in [3.63, 3.8) is 0 Å². The second-order valence-corrected chi connectivity index (χ2v) is 3.07. The van der Waals surface area contributed by atoms with Gasteiger partial charge < -0.3 is 5.11 Å². The molecule has 0 unspecified atom stereocenters. The maximum atomic E-state index is 10.6. The SMILES string of the molecule is CCC[C@H](C(=O)O)C1CC1.